The second-order valence-electron chi connectivity index (χ2n) is 9.11. The first kappa shape index (κ1) is 28.2. The standard InChI is InChI=1S/C25H30N3O8PS/c1-15-12-13-28(24(31)26-15)23-25(3,32)21(29)20(35-23)14-34-37(38,27-16(2)22(30)33-4)36-19-11-7-9-17-8-5-6-10-18(17)19/h5-13,16,20-21,23,29,32H,1,14H2,2-4H3,(H,26,31)(H,27,38)/t16?,20-,21?,23-,25?,37?/m1/s1. The Hall–Kier alpha value is -2.83. The maximum Gasteiger partial charge on any atom is 0.328 e. The van der Waals surface area contributed by atoms with Gasteiger partial charge in [0.2, 0.25) is 0 Å². The van der Waals surface area contributed by atoms with Crippen LogP contribution in [0.2, 0.25) is 0 Å². The number of carbonyl (C=O) groups is 2. The third-order valence-electron chi connectivity index (χ3n) is 6.23. The number of fused-ring (bicyclic) bond motifs is 1. The van der Waals surface area contributed by atoms with Gasteiger partial charge >= 0.3 is 18.6 Å². The average Bonchev–Trinajstić information content (AvgIpc) is 3.10. The van der Waals surface area contributed by atoms with E-state index in [2.05, 4.69) is 17.0 Å². The van der Waals surface area contributed by atoms with Gasteiger partial charge in [-0.1, -0.05) is 43.0 Å². The van der Waals surface area contributed by atoms with Crippen LogP contribution in [0.25, 0.3) is 10.8 Å². The van der Waals surface area contributed by atoms with Crippen LogP contribution in [0.4, 0.5) is 4.79 Å². The third kappa shape index (κ3) is 5.76. The average molecular weight is 564 g/mol. The van der Waals surface area contributed by atoms with E-state index in [1.54, 1.807) is 19.1 Å². The van der Waals surface area contributed by atoms with Gasteiger partial charge in [-0.15, -0.1) is 0 Å². The van der Waals surface area contributed by atoms with Crippen molar-refractivity contribution in [3.63, 3.8) is 0 Å². The number of allylic oxidation sites excluding steroid dienone is 1. The molecular weight excluding hydrogens is 533 g/mol. The van der Waals surface area contributed by atoms with E-state index in [-0.39, 0.29) is 6.61 Å². The van der Waals surface area contributed by atoms with Crippen molar-refractivity contribution < 1.29 is 38.3 Å². The van der Waals surface area contributed by atoms with Crippen molar-refractivity contribution in [2.45, 2.75) is 43.9 Å². The summed E-state index contributed by atoms with van der Waals surface area (Å²) >= 11 is 5.76. The molecule has 2 aromatic rings. The topological polar surface area (TPSA) is 139 Å². The van der Waals surface area contributed by atoms with Crippen LogP contribution in [-0.2, 0) is 30.6 Å². The second-order valence-corrected chi connectivity index (χ2v) is 12.2. The van der Waals surface area contributed by atoms with Gasteiger partial charge in [0.25, 0.3) is 0 Å². The maximum absolute atomic E-state index is 12.4. The lowest BCUT2D eigenvalue weighted by atomic mass is 9.96. The molecule has 6 atom stereocenters. The molecule has 0 aliphatic carbocycles. The number of methoxy groups -OCH3 is 1. The normalized spacial score (nSPS) is 27.6. The Morgan fingerprint density at radius 1 is 1.34 bits per heavy atom. The van der Waals surface area contributed by atoms with Crippen LogP contribution in [-0.4, -0.2) is 70.9 Å². The quantitative estimate of drug-likeness (QED) is 0.266. The molecule has 204 valence electrons. The Kier molecular flexibility index (Phi) is 8.24. The fourth-order valence-corrected chi connectivity index (χ4v) is 6.60. The second kappa shape index (κ2) is 11.1. The van der Waals surface area contributed by atoms with Crippen LogP contribution in [0.15, 0.2) is 67.0 Å². The van der Waals surface area contributed by atoms with Crippen LogP contribution in [0.1, 0.15) is 13.8 Å². The van der Waals surface area contributed by atoms with Crippen molar-refractivity contribution in [2.24, 2.45) is 0 Å². The predicted octanol–water partition coefficient (Wildman–Crippen LogP) is 2.50. The molecule has 0 radical (unpaired) electrons. The number of aliphatic hydroxyl groups excluding tert-OH is 1. The SMILES string of the molecule is C=C1C=CN([C@@H]2O[C@H](COP(=S)(NC(C)C(=O)OC)Oc3cccc4ccccc34)C(O)C2(C)O)C(=O)N1. The van der Waals surface area contributed by atoms with E-state index < -0.39 is 48.7 Å². The minimum Gasteiger partial charge on any atom is -0.468 e. The van der Waals surface area contributed by atoms with Gasteiger partial charge in [0.1, 0.15) is 29.6 Å². The molecule has 1 fully saturated rings. The van der Waals surface area contributed by atoms with Gasteiger partial charge in [-0.3, -0.25) is 9.69 Å². The zero-order chi connectivity index (χ0) is 27.7. The van der Waals surface area contributed by atoms with Gasteiger partial charge in [-0.2, -0.15) is 0 Å². The van der Waals surface area contributed by atoms with Gasteiger partial charge in [-0.25, -0.2) is 9.88 Å². The predicted molar refractivity (Wildman–Crippen MR) is 143 cm³/mol. The summed E-state index contributed by atoms with van der Waals surface area (Å²) in [6.45, 7) is 2.79. The van der Waals surface area contributed by atoms with Crippen molar-refractivity contribution in [2.75, 3.05) is 13.7 Å². The molecule has 4 unspecified atom stereocenters. The van der Waals surface area contributed by atoms with Crippen LogP contribution >= 0.6 is 6.64 Å². The molecule has 13 heteroatoms. The lowest BCUT2D eigenvalue weighted by Crippen LogP contribution is -2.55. The van der Waals surface area contributed by atoms with Crippen LogP contribution in [0, 0.1) is 0 Å². The fraction of sp³-hybridized carbons (Fsp3) is 0.360. The summed E-state index contributed by atoms with van der Waals surface area (Å²) in [5, 5.41) is 29.0. The van der Waals surface area contributed by atoms with Crippen molar-refractivity contribution in [1.29, 1.82) is 0 Å². The number of nitrogens with zero attached hydrogens (tertiary/aromatic N) is 1. The van der Waals surface area contributed by atoms with E-state index in [9.17, 15) is 19.8 Å². The number of ether oxygens (including phenoxy) is 2. The van der Waals surface area contributed by atoms with Crippen LogP contribution in [0.5, 0.6) is 5.75 Å². The number of carbonyl (C=O) groups excluding carboxylic acids is 2. The van der Waals surface area contributed by atoms with Gasteiger partial charge in [0, 0.05) is 17.3 Å². The van der Waals surface area contributed by atoms with Crippen molar-refractivity contribution >= 4 is 41.2 Å². The minimum atomic E-state index is -3.47. The summed E-state index contributed by atoms with van der Waals surface area (Å²) in [6, 6.07) is 11.5. The van der Waals surface area contributed by atoms with Gasteiger partial charge in [-0.05, 0) is 43.2 Å². The third-order valence-corrected chi connectivity index (χ3v) is 8.71. The number of hydrogen-bond donors (Lipinski definition) is 4. The van der Waals surface area contributed by atoms with E-state index in [0.29, 0.717) is 11.4 Å². The van der Waals surface area contributed by atoms with Crippen molar-refractivity contribution in [3.05, 3.63) is 67.0 Å². The number of esters is 1. The molecule has 1 saturated heterocycles. The summed E-state index contributed by atoms with van der Waals surface area (Å²) < 4.78 is 22.9. The smallest absolute Gasteiger partial charge is 0.328 e. The Bertz CT molecular complexity index is 1310. The molecule has 4 rings (SSSR count). The van der Waals surface area contributed by atoms with E-state index in [1.807, 2.05) is 30.3 Å². The number of aliphatic hydroxyl groups is 2. The molecule has 0 spiro atoms. The van der Waals surface area contributed by atoms with Gasteiger partial charge < -0.3 is 34.1 Å². The Balaban J connectivity index is 1.57. The molecule has 2 amide bonds. The van der Waals surface area contributed by atoms with E-state index in [1.165, 1.54) is 26.3 Å². The Morgan fingerprint density at radius 2 is 2.05 bits per heavy atom. The number of rotatable bonds is 9. The lowest BCUT2D eigenvalue weighted by Gasteiger charge is -2.35. The first-order chi connectivity index (χ1) is 17.9. The van der Waals surface area contributed by atoms with E-state index in [4.69, 9.17) is 30.3 Å². The highest BCUT2D eigenvalue weighted by Crippen LogP contribution is 2.48. The number of nitrogens with one attached hydrogen (secondary N) is 2. The summed E-state index contributed by atoms with van der Waals surface area (Å²) in [6.07, 6.45) is -0.821. The molecule has 38 heavy (non-hydrogen) atoms. The molecule has 0 bridgehead atoms. The maximum atomic E-state index is 12.4. The fourth-order valence-electron chi connectivity index (χ4n) is 4.18. The first-order valence-corrected chi connectivity index (χ1v) is 14.4. The van der Waals surface area contributed by atoms with E-state index >= 15 is 0 Å². The molecule has 4 N–H and O–H groups in total. The zero-order valence-corrected chi connectivity index (χ0v) is 22.8. The molecule has 2 heterocycles. The highest BCUT2D eigenvalue weighted by Gasteiger charge is 2.56. The molecule has 2 aliphatic heterocycles. The summed E-state index contributed by atoms with van der Waals surface area (Å²) in [5.41, 5.74) is -1.47. The van der Waals surface area contributed by atoms with Crippen LogP contribution < -0.4 is 14.9 Å². The van der Waals surface area contributed by atoms with E-state index in [0.717, 1.165) is 15.7 Å². The summed E-state index contributed by atoms with van der Waals surface area (Å²) in [5.74, 6) is -0.141. The summed E-state index contributed by atoms with van der Waals surface area (Å²) in [4.78, 5) is 25.7. The van der Waals surface area contributed by atoms with Gasteiger partial charge in [0.05, 0.1) is 13.7 Å². The zero-order valence-electron chi connectivity index (χ0n) is 21.1. The number of hydrogen-bond acceptors (Lipinski definition) is 9. The summed E-state index contributed by atoms with van der Waals surface area (Å²) in [7, 11) is 1.25. The minimum absolute atomic E-state index is 0.317. The highest BCUT2D eigenvalue weighted by molar-refractivity contribution is 8.09. The number of urea groups is 1. The molecule has 2 aliphatic rings. The molecule has 0 aromatic heterocycles. The monoisotopic (exact) mass is 563 g/mol. The Morgan fingerprint density at radius 3 is 2.76 bits per heavy atom. The largest absolute Gasteiger partial charge is 0.468 e. The van der Waals surface area contributed by atoms with Gasteiger partial charge in [0.15, 0.2) is 6.23 Å². The Labute approximate surface area is 225 Å². The lowest BCUT2D eigenvalue weighted by molar-refractivity contribution is -0.142. The molecule has 2 aromatic carbocycles. The number of amides is 2. The van der Waals surface area contributed by atoms with Crippen molar-refractivity contribution in [1.82, 2.24) is 15.3 Å². The first-order valence-electron chi connectivity index (χ1n) is 11.7. The highest BCUT2D eigenvalue weighted by atomic mass is 32.5. The molecule has 0 saturated carbocycles. The number of benzene rings is 2. The molecular formula is C25H30N3O8PS. The van der Waals surface area contributed by atoms with Crippen LogP contribution in [0.3, 0.4) is 0 Å². The van der Waals surface area contributed by atoms with Crippen molar-refractivity contribution in [3.8, 4) is 5.75 Å². The molecule has 11 nitrogen and oxygen atoms in total.